The number of para-hydroxylation sites is 1. The highest BCUT2D eigenvalue weighted by Crippen LogP contribution is 2.30. The summed E-state index contributed by atoms with van der Waals surface area (Å²) < 4.78 is 0. The van der Waals surface area contributed by atoms with E-state index in [0.717, 1.165) is 27.4 Å². The van der Waals surface area contributed by atoms with Gasteiger partial charge in [-0.3, -0.25) is 4.79 Å². The minimum absolute atomic E-state index is 0.0268. The highest BCUT2D eigenvalue weighted by atomic mass is 35.5. The van der Waals surface area contributed by atoms with Crippen molar-refractivity contribution in [1.82, 2.24) is 4.98 Å². The summed E-state index contributed by atoms with van der Waals surface area (Å²) in [4.78, 5) is 13.9. The molecule has 1 aromatic heterocycles. The Balaban J connectivity index is 2.26. The van der Waals surface area contributed by atoms with Crippen molar-refractivity contribution in [2.75, 3.05) is 0 Å². The number of halogens is 1. The number of carbonyl (C=O) groups is 1. The lowest BCUT2D eigenvalue weighted by Gasteiger charge is -1.97. The number of aliphatic carboxylic acids is 1. The van der Waals surface area contributed by atoms with Crippen molar-refractivity contribution in [1.29, 1.82) is 0 Å². The van der Waals surface area contributed by atoms with Crippen LogP contribution in [0.4, 0.5) is 0 Å². The van der Waals surface area contributed by atoms with Crippen LogP contribution in [0, 0.1) is 0 Å². The lowest BCUT2D eigenvalue weighted by molar-refractivity contribution is -0.136. The minimum atomic E-state index is -0.830. The van der Waals surface area contributed by atoms with Crippen molar-refractivity contribution in [2.24, 2.45) is 0 Å². The Hall–Kier alpha value is -2.00. The molecule has 0 unspecified atom stereocenters. The summed E-state index contributed by atoms with van der Waals surface area (Å²) in [5.74, 6) is -0.830. The first kappa shape index (κ1) is 11.1. The third kappa shape index (κ3) is 1.73. The van der Waals surface area contributed by atoms with Gasteiger partial charge in [0.1, 0.15) is 0 Å². The Kier molecular flexibility index (Phi) is 2.49. The summed E-state index contributed by atoms with van der Waals surface area (Å²) in [6.07, 6.45) is 0.0268. The number of aromatic amines is 1. The SMILES string of the molecule is O=C(O)Cc1ccc2c(c1)[nH]c1c(Cl)cccc12. The predicted octanol–water partition coefficient (Wildman–Crippen LogP) is 3.60. The van der Waals surface area contributed by atoms with E-state index in [-0.39, 0.29) is 6.42 Å². The van der Waals surface area contributed by atoms with Crippen molar-refractivity contribution in [2.45, 2.75) is 6.42 Å². The lowest BCUT2D eigenvalue weighted by atomic mass is 10.1. The van der Waals surface area contributed by atoms with E-state index in [2.05, 4.69) is 4.98 Å². The molecule has 0 amide bonds. The molecule has 0 saturated heterocycles. The zero-order chi connectivity index (χ0) is 12.7. The molecular formula is C14H10ClNO2. The lowest BCUT2D eigenvalue weighted by Crippen LogP contribution is -1.99. The number of nitrogens with one attached hydrogen (secondary N) is 1. The van der Waals surface area contributed by atoms with Crippen LogP contribution in [0.25, 0.3) is 21.8 Å². The highest BCUT2D eigenvalue weighted by Gasteiger charge is 2.08. The summed E-state index contributed by atoms with van der Waals surface area (Å²) >= 11 is 6.13. The summed E-state index contributed by atoms with van der Waals surface area (Å²) in [6, 6.07) is 11.4. The number of carboxylic acids is 1. The molecule has 1 heterocycles. The van der Waals surface area contributed by atoms with Gasteiger partial charge >= 0.3 is 5.97 Å². The largest absolute Gasteiger partial charge is 0.481 e. The van der Waals surface area contributed by atoms with Gasteiger partial charge < -0.3 is 10.1 Å². The second kappa shape index (κ2) is 4.03. The fraction of sp³-hybridized carbons (Fsp3) is 0.0714. The van der Waals surface area contributed by atoms with Gasteiger partial charge in [-0.1, -0.05) is 35.9 Å². The molecular weight excluding hydrogens is 250 g/mol. The monoisotopic (exact) mass is 259 g/mol. The second-order valence-electron chi connectivity index (χ2n) is 4.24. The van der Waals surface area contributed by atoms with Crippen molar-refractivity contribution in [3.8, 4) is 0 Å². The van der Waals surface area contributed by atoms with Crippen molar-refractivity contribution in [3.05, 3.63) is 47.0 Å². The molecule has 2 N–H and O–H groups in total. The van der Waals surface area contributed by atoms with Crippen molar-refractivity contribution < 1.29 is 9.90 Å². The summed E-state index contributed by atoms with van der Waals surface area (Å²) in [5, 5.41) is 11.6. The van der Waals surface area contributed by atoms with E-state index < -0.39 is 5.97 Å². The summed E-state index contributed by atoms with van der Waals surface area (Å²) in [7, 11) is 0. The second-order valence-corrected chi connectivity index (χ2v) is 4.65. The number of fused-ring (bicyclic) bond motifs is 3. The van der Waals surface area contributed by atoms with Crippen LogP contribution in [0.3, 0.4) is 0 Å². The zero-order valence-corrected chi connectivity index (χ0v) is 10.2. The van der Waals surface area contributed by atoms with Crippen LogP contribution < -0.4 is 0 Å². The Morgan fingerprint density at radius 3 is 2.83 bits per heavy atom. The van der Waals surface area contributed by atoms with Gasteiger partial charge in [-0.05, 0) is 17.7 Å². The van der Waals surface area contributed by atoms with Crippen LogP contribution >= 0.6 is 11.6 Å². The third-order valence-corrected chi connectivity index (χ3v) is 3.32. The first-order valence-electron chi connectivity index (χ1n) is 5.56. The van der Waals surface area contributed by atoms with E-state index in [9.17, 15) is 4.79 Å². The fourth-order valence-electron chi connectivity index (χ4n) is 2.22. The molecule has 0 atom stereocenters. The minimum Gasteiger partial charge on any atom is -0.481 e. The maximum absolute atomic E-state index is 10.7. The molecule has 0 radical (unpaired) electrons. The molecule has 0 aliphatic heterocycles. The number of hydrogen-bond acceptors (Lipinski definition) is 1. The topological polar surface area (TPSA) is 53.1 Å². The molecule has 0 fully saturated rings. The van der Waals surface area contributed by atoms with Gasteiger partial charge in [0.25, 0.3) is 0 Å². The number of aromatic nitrogens is 1. The van der Waals surface area contributed by atoms with Crippen LogP contribution in [-0.4, -0.2) is 16.1 Å². The molecule has 3 aromatic rings. The van der Waals surface area contributed by atoms with E-state index in [1.807, 2.05) is 36.4 Å². The molecule has 0 aliphatic carbocycles. The quantitative estimate of drug-likeness (QED) is 0.739. The van der Waals surface area contributed by atoms with Gasteiger partial charge in [0, 0.05) is 16.3 Å². The molecule has 4 heteroatoms. The van der Waals surface area contributed by atoms with Crippen LogP contribution in [0.15, 0.2) is 36.4 Å². The normalized spacial score (nSPS) is 11.2. The van der Waals surface area contributed by atoms with Gasteiger partial charge in [0.05, 0.1) is 17.0 Å². The third-order valence-electron chi connectivity index (χ3n) is 3.00. The van der Waals surface area contributed by atoms with Gasteiger partial charge in [-0.25, -0.2) is 0 Å². The van der Waals surface area contributed by atoms with Crippen LogP contribution in [0.2, 0.25) is 5.02 Å². The van der Waals surface area contributed by atoms with E-state index in [4.69, 9.17) is 16.7 Å². The Bertz CT molecular complexity index is 761. The van der Waals surface area contributed by atoms with Gasteiger partial charge in [-0.15, -0.1) is 0 Å². The number of hydrogen-bond donors (Lipinski definition) is 2. The van der Waals surface area contributed by atoms with E-state index in [1.54, 1.807) is 0 Å². The molecule has 3 nitrogen and oxygen atoms in total. The average molecular weight is 260 g/mol. The smallest absolute Gasteiger partial charge is 0.307 e. The molecule has 3 rings (SSSR count). The Morgan fingerprint density at radius 1 is 1.22 bits per heavy atom. The molecule has 0 spiro atoms. The number of rotatable bonds is 2. The number of carboxylic acid groups (broad SMARTS) is 1. The summed E-state index contributed by atoms with van der Waals surface area (Å²) in [6.45, 7) is 0. The van der Waals surface area contributed by atoms with Gasteiger partial charge in [0.2, 0.25) is 0 Å². The van der Waals surface area contributed by atoms with E-state index in [0.29, 0.717) is 5.02 Å². The highest BCUT2D eigenvalue weighted by molar-refractivity contribution is 6.36. The number of H-pyrrole nitrogens is 1. The van der Waals surface area contributed by atoms with Crippen molar-refractivity contribution >= 4 is 39.4 Å². The molecule has 18 heavy (non-hydrogen) atoms. The van der Waals surface area contributed by atoms with Crippen molar-refractivity contribution in [3.63, 3.8) is 0 Å². The summed E-state index contributed by atoms with van der Waals surface area (Å²) in [5.41, 5.74) is 2.58. The van der Waals surface area contributed by atoms with Gasteiger partial charge in [0.15, 0.2) is 0 Å². The zero-order valence-electron chi connectivity index (χ0n) is 9.40. The fourth-order valence-corrected chi connectivity index (χ4v) is 2.45. The maximum Gasteiger partial charge on any atom is 0.307 e. The Morgan fingerprint density at radius 2 is 2.06 bits per heavy atom. The van der Waals surface area contributed by atoms with E-state index in [1.165, 1.54) is 0 Å². The molecule has 90 valence electrons. The van der Waals surface area contributed by atoms with E-state index >= 15 is 0 Å². The average Bonchev–Trinajstić information content (AvgIpc) is 2.67. The predicted molar refractivity (Wildman–Crippen MR) is 72.2 cm³/mol. The Labute approximate surface area is 108 Å². The first-order chi connectivity index (χ1) is 8.65. The van der Waals surface area contributed by atoms with Crippen LogP contribution in [0.1, 0.15) is 5.56 Å². The number of benzene rings is 2. The van der Waals surface area contributed by atoms with Crippen LogP contribution in [-0.2, 0) is 11.2 Å². The standard InChI is InChI=1S/C14H10ClNO2/c15-11-3-1-2-10-9-5-4-8(7-13(17)18)6-12(9)16-14(10)11/h1-6,16H,7H2,(H,17,18). The van der Waals surface area contributed by atoms with Gasteiger partial charge in [-0.2, -0.15) is 0 Å². The molecule has 0 bridgehead atoms. The van der Waals surface area contributed by atoms with Crippen LogP contribution in [0.5, 0.6) is 0 Å². The molecule has 2 aromatic carbocycles. The maximum atomic E-state index is 10.7. The molecule has 0 aliphatic rings. The first-order valence-corrected chi connectivity index (χ1v) is 5.93. The molecule has 0 saturated carbocycles.